The van der Waals surface area contributed by atoms with Crippen LogP contribution in [0, 0.1) is 34.6 Å². The topological polar surface area (TPSA) is 0 Å². The first-order valence-corrected chi connectivity index (χ1v) is 25.4. The van der Waals surface area contributed by atoms with Crippen LogP contribution >= 0.6 is 17.0 Å². The third-order valence-electron chi connectivity index (χ3n) is 10.6. The summed E-state index contributed by atoms with van der Waals surface area (Å²) in [4.78, 5) is 0. The molecule has 0 aliphatic rings. The first-order chi connectivity index (χ1) is 24.8. The van der Waals surface area contributed by atoms with E-state index in [1.54, 1.807) is 6.92 Å². The summed E-state index contributed by atoms with van der Waals surface area (Å²) in [7, 11) is 9.87. The molecular formula is C50H63Cl2Zr-3. The number of benzene rings is 4. The molecule has 53 heavy (non-hydrogen) atoms. The molecule has 0 heterocycles. The quantitative estimate of drug-likeness (QED) is 0.155. The Bertz CT molecular complexity index is 1920. The zero-order valence-corrected chi connectivity index (χ0v) is 39.2. The fourth-order valence-electron chi connectivity index (χ4n) is 6.80. The molecule has 3 heteroatoms. The van der Waals surface area contributed by atoms with E-state index in [9.17, 15) is 0 Å². The van der Waals surface area contributed by atoms with E-state index in [2.05, 4.69) is 189 Å². The third kappa shape index (κ3) is 10.9. The van der Waals surface area contributed by atoms with Crippen LogP contribution in [-0.2, 0) is 31.7 Å². The summed E-state index contributed by atoms with van der Waals surface area (Å²) in [5, 5.41) is 5.61. The molecule has 0 aliphatic heterocycles. The molecule has 0 aliphatic carbocycles. The van der Waals surface area contributed by atoms with Gasteiger partial charge in [0.25, 0.3) is 0 Å². The minimum absolute atomic E-state index is 0.197. The van der Waals surface area contributed by atoms with Gasteiger partial charge in [-0.15, -0.1) is 55.9 Å². The second kappa shape index (κ2) is 18.9. The fourth-order valence-corrected chi connectivity index (χ4v) is 6.80. The van der Waals surface area contributed by atoms with Gasteiger partial charge in [-0.05, 0) is 58.8 Å². The molecule has 0 radical (unpaired) electrons. The standard InChI is InChI=1S/2C24H29.C2H5.2ClH.Zr/c2*1-15(2)19-13-21-17(4)16(3)12-22(23(21)14-19)18-8-10-20(11-9-18)24(5,6)7;1-2;;;/h2*8-15H,1-7H3;1H2,2H3;2*1H;/q3*-1;;;+2/p-2. The van der Waals surface area contributed by atoms with Crippen molar-refractivity contribution in [2.75, 3.05) is 0 Å². The van der Waals surface area contributed by atoms with Crippen molar-refractivity contribution < 1.29 is 20.8 Å². The van der Waals surface area contributed by atoms with Crippen molar-refractivity contribution in [3.63, 3.8) is 0 Å². The normalized spacial score (nSPS) is 11.5. The first kappa shape index (κ1) is 45.0. The number of fused-ring (bicyclic) bond motifs is 2. The summed E-state index contributed by atoms with van der Waals surface area (Å²) in [6.07, 6.45) is 0. The Morgan fingerprint density at radius 2 is 0.811 bits per heavy atom. The average molecular weight is 826 g/mol. The van der Waals surface area contributed by atoms with Crippen molar-refractivity contribution in [2.45, 2.75) is 127 Å². The van der Waals surface area contributed by atoms with Gasteiger partial charge in [-0.25, -0.2) is 0 Å². The maximum atomic E-state index is 4.93. The molecule has 284 valence electrons. The van der Waals surface area contributed by atoms with Gasteiger partial charge in [-0.2, -0.15) is 19.1 Å². The van der Waals surface area contributed by atoms with E-state index in [0.29, 0.717) is 11.8 Å². The summed E-state index contributed by atoms with van der Waals surface area (Å²) in [5.74, 6) is 1.13. The van der Waals surface area contributed by atoms with Gasteiger partial charge in [0.1, 0.15) is 0 Å². The van der Waals surface area contributed by atoms with Gasteiger partial charge in [0.15, 0.2) is 0 Å². The average Bonchev–Trinajstić information content (AvgIpc) is 3.76. The van der Waals surface area contributed by atoms with Gasteiger partial charge in [0.2, 0.25) is 0 Å². The molecule has 0 aromatic heterocycles. The Morgan fingerprint density at radius 3 is 1.06 bits per heavy atom. The Labute approximate surface area is 342 Å². The maximum absolute atomic E-state index is 4.93. The monoisotopic (exact) mass is 823 g/mol. The molecule has 0 unspecified atom stereocenters. The predicted molar refractivity (Wildman–Crippen MR) is 237 cm³/mol. The van der Waals surface area contributed by atoms with Crippen molar-refractivity contribution in [2.24, 2.45) is 0 Å². The van der Waals surface area contributed by atoms with E-state index >= 15 is 0 Å². The van der Waals surface area contributed by atoms with Crippen LogP contribution in [0.2, 0.25) is 0 Å². The van der Waals surface area contributed by atoms with E-state index < -0.39 is 20.8 Å². The zero-order chi connectivity index (χ0) is 40.0. The van der Waals surface area contributed by atoms with Gasteiger partial charge < -0.3 is 6.92 Å². The minimum atomic E-state index is -0.826. The van der Waals surface area contributed by atoms with Crippen LogP contribution in [0.3, 0.4) is 0 Å². The van der Waals surface area contributed by atoms with Crippen LogP contribution < -0.4 is 0 Å². The fraction of sp³-hybridized carbons (Fsp3) is 0.380. The molecule has 0 amide bonds. The summed E-state index contributed by atoms with van der Waals surface area (Å²) < 4.78 is 0. The molecule has 0 bridgehead atoms. The van der Waals surface area contributed by atoms with Gasteiger partial charge in [0.05, 0.1) is 0 Å². The molecule has 0 saturated heterocycles. The van der Waals surface area contributed by atoms with E-state index in [-0.39, 0.29) is 10.8 Å². The van der Waals surface area contributed by atoms with Crippen LogP contribution in [0.1, 0.15) is 133 Å². The van der Waals surface area contributed by atoms with E-state index in [4.69, 9.17) is 17.0 Å². The molecule has 0 saturated carbocycles. The van der Waals surface area contributed by atoms with Crippen molar-refractivity contribution in [1.29, 1.82) is 0 Å². The summed E-state index contributed by atoms with van der Waals surface area (Å²) in [6.45, 7) is 36.6. The van der Waals surface area contributed by atoms with Crippen LogP contribution in [-0.4, -0.2) is 0 Å². The number of aryl methyl sites for hydroxylation is 4. The van der Waals surface area contributed by atoms with E-state index in [0.717, 1.165) is 0 Å². The van der Waals surface area contributed by atoms with E-state index in [1.807, 2.05) is 0 Å². The van der Waals surface area contributed by atoms with Crippen molar-refractivity contribution in [3.8, 4) is 22.3 Å². The van der Waals surface area contributed by atoms with E-state index in [1.165, 1.54) is 88.3 Å². The Hall–Kier alpha value is -2.44. The van der Waals surface area contributed by atoms with Crippen molar-refractivity contribution in [3.05, 3.63) is 136 Å². The van der Waals surface area contributed by atoms with Crippen molar-refractivity contribution >= 4 is 38.6 Å². The van der Waals surface area contributed by atoms with Crippen LogP contribution in [0.25, 0.3) is 43.8 Å². The SMILES string of the molecule is Cc1cc(-c2ccc(C(C)(C)C)cc2)c2cc(C(C)C)[cH-]c2c1C.Cc1cc(-c2ccc(C(C)(C)C)cc2)c2cc(C(C)C)[cH-]c2c1C.[CH2-]C.[Cl][Zr][Cl]. The van der Waals surface area contributed by atoms with Crippen LogP contribution in [0.5, 0.6) is 0 Å². The molecular weight excluding hydrogens is 763 g/mol. The van der Waals surface area contributed by atoms with Gasteiger partial charge in [-0.3, -0.25) is 0 Å². The second-order valence-corrected chi connectivity index (χ2v) is 20.7. The molecule has 0 fully saturated rings. The molecule has 6 rings (SSSR count). The summed E-state index contributed by atoms with van der Waals surface area (Å²) in [6, 6.07) is 32.5. The number of hydrogen-bond acceptors (Lipinski definition) is 0. The number of halogens is 2. The van der Waals surface area contributed by atoms with Gasteiger partial charge in [-0.1, -0.05) is 166 Å². The Morgan fingerprint density at radius 1 is 0.528 bits per heavy atom. The zero-order valence-electron chi connectivity index (χ0n) is 35.2. The summed E-state index contributed by atoms with van der Waals surface area (Å²) >= 11 is -0.826. The molecule has 0 nitrogen and oxygen atoms in total. The predicted octanol–water partition coefficient (Wildman–Crippen LogP) is 16.7. The van der Waals surface area contributed by atoms with Crippen molar-refractivity contribution in [1.82, 2.24) is 0 Å². The molecule has 6 aromatic rings. The first-order valence-electron chi connectivity index (χ1n) is 19.1. The number of hydrogen-bond donors (Lipinski definition) is 0. The molecule has 0 spiro atoms. The summed E-state index contributed by atoms with van der Waals surface area (Å²) in [5.41, 5.74) is 17.0. The van der Waals surface area contributed by atoms with Gasteiger partial charge >= 0.3 is 37.9 Å². The van der Waals surface area contributed by atoms with Crippen LogP contribution in [0.4, 0.5) is 0 Å². The second-order valence-electron chi connectivity index (χ2n) is 17.0. The Kier molecular flexibility index (Phi) is 16.1. The van der Waals surface area contributed by atoms with Gasteiger partial charge in [0, 0.05) is 0 Å². The number of rotatable bonds is 4. The Balaban J connectivity index is 0.000000255. The molecule has 6 aromatic carbocycles. The molecule has 0 atom stereocenters. The van der Waals surface area contributed by atoms with Crippen LogP contribution in [0.15, 0.2) is 84.9 Å². The molecule has 0 N–H and O–H groups in total. The third-order valence-corrected chi connectivity index (χ3v) is 10.6.